The molecule has 0 aliphatic rings. The smallest absolute Gasteiger partial charge is 0.255 e. The highest BCUT2D eigenvalue weighted by Crippen LogP contribution is 2.20. The van der Waals surface area contributed by atoms with Crippen molar-refractivity contribution >= 4 is 22.7 Å². The van der Waals surface area contributed by atoms with Gasteiger partial charge in [-0.05, 0) is 36.8 Å². The summed E-state index contributed by atoms with van der Waals surface area (Å²) in [6, 6.07) is 10.1. The van der Waals surface area contributed by atoms with Gasteiger partial charge in [0.05, 0.1) is 12.1 Å². The number of furan rings is 1. The van der Waals surface area contributed by atoms with Crippen LogP contribution >= 0.6 is 0 Å². The van der Waals surface area contributed by atoms with Crippen molar-refractivity contribution in [2.75, 3.05) is 5.73 Å². The van der Waals surface area contributed by atoms with E-state index in [2.05, 4.69) is 10.3 Å². The van der Waals surface area contributed by atoms with Gasteiger partial charge in [-0.15, -0.1) is 0 Å². The number of carbonyl (C=O) groups excluding carboxylic acids is 1. The molecule has 3 aromatic rings. The number of amides is 1. The molecular weight excluding hydrogens is 285 g/mol. The number of anilines is 1. The van der Waals surface area contributed by atoms with Gasteiger partial charge < -0.3 is 15.5 Å². The molecule has 0 aliphatic heterocycles. The first kappa shape index (κ1) is 14.1. The average Bonchev–Trinajstić information content (AvgIpc) is 2.86. The number of nitrogens with two attached hydrogens (primary N) is 1. The van der Waals surface area contributed by atoms with Crippen LogP contribution in [-0.2, 0) is 6.54 Å². The third-order valence-corrected chi connectivity index (χ3v) is 3.29. The Morgan fingerprint density at radius 3 is 2.91 bits per heavy atom. The SMILES string of the molecule is Cc1ccc2cc(CNC(=O)c3ccc(F)nc3N)oc2c1. The minimum absolute atomic E-state index is 0.133. The third kappa shape index (κ3) is 2.76. The minimum atomic E-state index is -0.721. The van der Waals surface area contributed by atoms with Gasteiger partial charge in [-0.25, -0.2) is 4.98 Å². The van der Waals surface area contributed by atoms with Crippen molar-refractivity contribution in [1.82, 2.24) is 10.3 Å². The molecule has 0 spiro atoms. The van der Waals surface area contributed by atoms with E-state index in [0.29, 0.717) is 5.76 Å². The molecule has 1 amide bonds. The van der Waals surface area contributed by atoms with Gasteiger partial charge in [0.25, 0.3) is 5.91 Å². The summed E-state index contributed by atoms with van der Waals surface area (Å²) in [6.45, 7) is 2.19. The van der Waals surface area contributed by atoms with Crippen LogP contribution in [0.3, 0.4) is 0 Å². The van der Waals surface area contributed by atoms with E-state index in [0.717, 1.165) is 22.6 Å². The molecule has 3 N–H and O–H groups in total. The standard InChI is InChI=1S/C16H14FN3O2/c1-9-2-3-10-7-11(22-13(10)6-9)8-19-16(21)12-4-5-14(17)20-15(12)18/h2-7H,8H2,1H3,(H2,18,20)(H,19,21). The predicted octanol–water partition coefficient (Wildman–Crippen LogP) is 2.79. The maximum absolute atomic E-state index is 12.9. The first-order valence-electron chi connectivity index (χ1n) is 6.72. The van der Waals surface area contributed by atoms with Crippen molar-refractivity contribution in [2.24, 2.45) is 0 Å². The van der Waals surface area contributed by atoms with Gasteiger partial charge in [0.15, 0.2) is 0 Å². The Morgan fingerprint density at radius 2 is 2.14 bits per heavy atom. The number of rotatable bonds is 3. The zero-order chi connectivity index (χ0) is 15.7. The van der Waals surface area contributed by atoms with Gasteiger partial charge in [0, 0.05) is 5.39 Å². The number of nitrogens with zero attached hydrogens (tertiary/aromatic N) is 1. The van der Waals surface area contributed by atoms with Gasteiger partial charge in [0.2, 0.25) is 5.95 Å². The number of fused-ring (bicyclic) bond motifs is 1. The Kier molecular flexibility index (Phi) is 3.50. The van der Waals surface area contributed by atoms with Gasteiger partial charge in [-0.1, -0.05) is 12.1 Å². The van der Waals surface area contributed by atoms with E-state index in [4.69, 9.17) is 10.2 Å². The molecule has 2 heterocycles. The summed E-state index contributed by atoms with van der Waals surface area (Å²) < 4.78 is 18.5. The van der Waals surface area contributed by atoms with Crippen LogP contribution < -0.4 is 11.1 Å². The second kappa shape index (κ2) is 5.48. The number of nitrogen functional groups attached to an aromatic ring is 1. The predicted molar refractivity (Wildman–Crippen MR) is 80.7 cm³/mol. The molecule has 112 valence electrons. The summed E-state index contributed by atoms with van der Waals surface area (Å²) >= 11 is 0. The molecular formula is C16H14FN3O2. The topological polar surface area (TPSA) is 81.2 Å². The summed E-state index contributed by atoms with van der Waals surface area (Å²) in [5.74, 6) is -0.663. The lowest BCUT2D eigenvalue weighted by Gasteiger charge is -2.05. The van der Waals surface area contributed by atoms with E-state index in [-0.39, 0.29) is 17.9 Å². The quantitative estimate of drug-likeness (QED) is 0.729. The number of aromatic nitrogens is 1. The fraction of sp³-hybridized carbons (Fsp3) is 0.125. The van der Waals surface area contributed by atoms with Gasteiger partial charge >= 0.3 is 0 Å². The highest BCUT2D eigenvalue weighted by Gasteiger charge is 2.12. The molecule has 22 heavy (non-hydrogen) atoms. The van der Waals surface area contributed by atoms with Crippen LogP contribution in [0, 0.1) is 12.9 Å². The van der Waals surface area contributed by atoms with E-state index >= 15 is 0 Å². The molecule has 5 nitrogen and oxygen atoms in total. The van der Waals surface area contributed by atoms with Crippen LogP contribution in [0.25, 0.3) is 11.0 Å². The first-order valence-corrected chi connectivity index (χ1v) is 6.72. The number of pyridine rings is 1. The summed E-state index contributed by atoms with van der Waals surface area (Å²) in [5.41, 5.74) is 7.54. The normalized spacial score (nSPS) is 10.8. The second-order valence-electron chi connectivity index (χ2n) is 5.00. The Balaban J connectivity index is 1.74. The van der Waals surface area contributed by atoms with Crippen molar-refractivity contribution in [3.8, 4) is 0 Å². The number of benzene rings is 1. The number of hydrogen-bond acceptors (Lipinski definition) is 4. The van der Waals surface area contributed by atoms with Crippen LogP contribution in [0.5, 0.6) is 0 Å². The molecule has 0 fully saturated rings. The monoisotopic (exact) mass is 299 g/mol. The number of halogens is 1. The number of aryl methyl sites for hydroxylation is 1. The van der Waals surface area contributed by atoms with Crippen LogP contribution in [0.15, 0.2) is 40.8 Å². The highest BCUT2D eigenvalue weighted by atomic mass is 19.1. The molecule has 0 saturated carbocycles. The molecule has 0 atom stereocenters. The number of carbonyl (C=O) groups is 1. The lowest BCUT2D eigenvalue weighted by atomic mass is 10.2. The molecule has 2 aromatic heterocycles. The molecule has 0 bridgehead atoms. The summed E-state index contributed by atoms with van der Waals surface area (Å²) in [4.78, 5) is 15.4. The number of nitrogens with one attached hydrogen (secondary N) is 1. The van der Waals surface area contributed by atoms with Crippen LogP contribution in [-0.4, -0.2) is 10.9 Å². The van der Waals surface area contributed by atoms with Crippen LogP contribution in [0.1, 0.15) is 21.7 Å². The lowest BCUT2D eigenvalue weighted by molar-refractivity contribution is 0.0949. The summed E-state index contributed by atoms with van der Waals surface area (Å²) in [7, 11) is 0. The molecule has 3 rings (SSSR count). The maximum atomic E-state index is 12.9. The van der Waals surface area contributed by atoms with E-state index in [1.54, 1.807) is 0 Å². The highest BCUT2D eigenvalue weighted by molar-refractivity contribution is 5.98. The van der Waals surface area contributed by atoms with Crippen molar-refractivity contribution in [2.45, 2.75) is 13.5 Å². The summed E-state index contributed by atoms with van der Waals surface area (Å²) in [5, 5.41) is 3.65. The van der Waals surface area contributed by atoms with Crippen molar-refractivity contribution in [3.63, 3.8) is 0 Å². The largest absolute Gasteiger partial charge is 0.459 e. The fourth-order valence-corrected chi connectivity index (χ4v) is 2.19. The second-order valence-corrected chi connectivity index (χ2v) is 5.00. The Bertz CT molecular complexity index is 858. The van der Waals surface area contributed by atoms with Gasteiger partial charge in [0.1, 0.15) is 17.2 Å². The first-order chi connectivity index (χ1) is 10.5. The Morgan fingerprint density at radius 1 is 1.32 bits per heavy atom. The van der Waals surface area contributed by atoms with E-state index in [9.17, 15) is 9.18 Å². The Labute approximate surface area is 125 Å². The van der Waals surface area contributed by atoms with Crippen LogP contribution in [0.4, 0.5) is 10.2 Å². The van der Waals surface area contributed by atoms with Gasteiger partial charge in [-0.3, -0.25) is 4.79 Å². The zero-order valence-corrected chi connectivity index (χ0v) is 11.9. The Hall–Kier alpha value is -2.89. The lowest BCUT2D eigenvalue weighted by Crippen LogP contribution is -2.24. The number of hydrogen-bond donors (Lipinski definition) is 2. The van der Waals surface area contributed by atoms with Crippen LogP contribution in [0.2, 0.25) is 0 Å². The third-order valence-electron chi connectivity index (χ3n) is 3.29. The molecule has 0 saturated heterocycles. The van der Waals surface area contributed by atoms with E-state index < -0.39 is 11.9 Å². The van der Waals surface area contributed by atoms with Gasteiger partial charge in [-0.2, -0.15) is 4.39 Å². The van der Waals surface area contributed by atoms with Crippen molar-refractivity contribution < 1.29 is 13.6 Å². The van der Waals surface area contributed by atoms with E-state index in [1.807, 2.05) is 31.2 Å². The zero-order valence-electron chi connectivity index (χ0n) is 11.9. The molecule has 1 aromatic carbocycles. The molecule has 0 unspecified atom stereocenters. The van der Waals surface area contributed by atoms with Crippen molar-refractivity contribution in [1.29, 1.82) is 0 Å². The molecule has 6 heteroatoms. The fourth-order valence-electron chi connectivity index (χ4n) is 2.19. The maximum Gasteiger partial charge on any atom is 0.255 e. The minimum Gasteiger partial charge on any atom is -0.459 e. The summed E-state index contributed by atoms with van der Waals surface area (Å²) in [6.07, 6.45) is 0. The van der Waals surface area contributed by atoms with Crippen molar-refractivity contribution in [3.05, 3.63) is 59.2 Å². The average molecular weight is 299 g/mol. The molecule has 0 aliphatic carbocycles. The van der Waals surface area contributed by atoms with E-state index in [1.165, 1.54) is 6.07 Å². The molecule has 0 radical (unpaired) electrons.